The van der Waals surface area contributed by atoms with E-state index in [0.717, 1.165) is 11.1 Å². The van der Waals surface area contributed by atoms with Gasteiger partial charge >= 0.3 is 6.09 Å². The molecular formula is C19H18Cl2N4O2. The lowest BCUT2D eigenvalue weighted by molar-refractivity contribution is 0.215. The molecule has 0 saturated heterocycles. The van der Waals surface area contributed by atoms with Crippen molar-refractivity contribution in [1.29, 1.82) is 0 Å². The van der Waals surface area contributed by atoms with Crippen molar-refractivity contribution in [1.82, 2.24) is 9.97 Å². The lowest BCUT2D eigenvalue weighted by atomic mass is 10.3. The van der Waals surface area contributed by atoms with Crippen LogP contribution in [0.15, 0.2) is 54.6 Å². The number of amides is 1. The molecule has 6 nitrogen and oxygen atoms in total. The van der Waals surface area contributed by atoms with Crippen LogP contribution in [-0.2, 0) is 0 Å². The number of nitrogens with two attached hydrogens (primary N) is 1. The topological polar surface area (TPSA) is 90.1 Å². The Bertz CT molecular complexity index is 921. The maximum Gasteiger partial charge on any atom is 0.418 e. The Morgan fingerprint density at radius 2 is 1.52 bits per heavy atom. The number of aryl methyl sites for hydroxylation is 2. The molecule has 0 fully saturated rings. The fraction of sp³-hybridized carbons (Fsp3) is 0.105. The molecule has 0 unspecified atom stereocenters. The summed E-state index contributed by atoms with van der Waals surface area (Å²) in [5, 5.41) is 3.34. The normalized spacial score (nSPS) is 9.78. The number of ether oxygens (including phenoxy) is 1. The number of pyridine rings is 2. The van der Waals surface area contributed by atoms with Gasteiger partial charge in [0.15, 0.2) is 0 Å². The van der Waals surface area contributed by atoms with E-state index in [0.29, 0.717) is 27.7 Å². The predicted octanol–water partition coefficient (Wildman–Crippen LogP) is 5.28. The fourth-order valence-electron chi connectivity index (χ4n) is 1.82. The van der Waals surface area contributed by atoms with Crippen LogP contribution in [0.1, 0.15) is 11.1 Å². The first kappa shape index (κ1) is 20.5. The Balaban J connectivity index is 0.000000244. The first-order chi connectivity index (χ1) is 12.8. The zero-order valence-electron chi connectivity index (χ0n) is 14.7. The van der Waals surface area contributed by atoms with E-state index >= 15 is 0 Å². The van der Waals surface area contributed by atoms with Gasteiger partial charge in [-0.25, -0.2) is 14.8 Å². The molecule has 3 rings (SSSR count). The smallest absolute Gasteiger partial charge is 0.410 e. The monoisotopic (exact) mass is 404 g/mol. The second kappa shape index (κ2) is 9.75. The Labute approximate surface area is 167 Å². The molecule has 0 radical (unpaired) electrons. The molecule has 2 aromatic heterocycles. The van der Waals surface area contributed by atoms with Gasteiger partial charge < -0.3 is 10.5 Å². The molecule has 3 N–H and O–H groups in total. The lowest BCUT2D eigenvalue weighted by Gasteiger charge is -2.06. The zero-order valence-corrected chi connectivity index (χ0v) is 16.3. The number of carbonyl (C=O) groups excluding carboxylic acids is 1. The molecule has 0 saturated carbocycles. The molecule has 2 heterocycles. The van der Waals surface area contributed by atoms with E-state index in [1.165, 1.54) is 0 Å². The second-order valence-electron chi connectivity index (χ2n) is 5.48. The Hall–Kier alpha value is -2.83. The van der Waals surface area contributed by atoms with E-state index in [9.17, 15) is 4.79 Å². The van der Waals surface area contributed by atoms with Crippen LogP contribution in [0.4, 0.5) is 16.4 Å². The SMILES string of the molecule is Cc1ccc(N)nc1Cl.Cc1ccc(NC(=O)Oc2ccccc2)nc1Cl. The molecule has 3 aromatic rings. The number of anilines is 2. The van der Waals surface area contributed by atoms with Crippen molar-refractivity contribution in [2.45, 2.75) is 13.8 Å². The maximum atomic E-state index is 11.6. The summed E-state index contributed by atoms with van der Waals surface area (Å²) in [6.45, 7) is 3.72. The number of nitrogen functional groups attached to an aromatic ring is 1. The summed E-state index contributed by atoms with van der Waals surface area (Å²) < 4.78 is 5.06. The summed E-state index contributed by atoms with van der Waals surface area (Å²) in [5.41, 5.74) is 7.13. The van der Waals surface area contributed by atoms with Crippen LogP contribution in [0.25, 0.3) is 0 Å². The van der Waals surface area contributed by atoms with Gasteiger partial charge in [0, 0.05) is 0 Å². The van der Waals surface area contributed by atoms with E-state index in [1.807, 2.05) is 26.0 Å². The van der Waals surface area contributed by atoms with Crippen molar-refractivity contribution < 1.29 is 9.53 Å². The van der Waals surface area contributed by atoms with Crippen molar-refractivity contribution in [3.63, 3.8) is 0 Å². The van der Waals surface area contributed by atoms with Gasteiger partial charge in [-0.2, -0.15) is 0 Å². The molecule has 0 aliphatic carbocycles. The highest BCUT2D eigenvalue weighted by atomic mass is 35.5. The highest BCUT2D eigenvalue weighted by molar-refractivity contribution is 6.30. The summed E-state index contributed by atoms with van der Waals surface area (Å²) in [6.07, 6.45) is -0.603. The number of halogens is 2. The number of aromatic nitrogens is 2. The quantitative estimate of drug-likeness (QED) is 0.566. The van der Waals surface area contributed by atoms with Gasteiger partial charge in [0.2, 0.25) is 0 Å². The molecule has 0 aliphatic heterocycles. The maximum absolute atomic E-state index is 11.6. The van der Waals surface area contributed by atoms with Crippen molar-refractivity contribution in [3.05, 3.63) is 76.0 Å². The standard InChI is InChI=1S/C13H11ClN2O2.C6H7ClN2/c1-9-7-8-11(15-12(9)14)16-13(17)18-10-5-3-2-4-6-10;1-4-2-3-5(8)9-6(4)7/h2-8H,1H3,(H,15,16,17);2-3H,1H3,(H2,8,9). The fourth-order valence-corrected chi connectivity index (χ4v) is 2.13. The van der Waals surface area contributed by atoms with Crippen LogP contribution >= 0.6 is 23.2 Å². The van der Waals surface area contributed by atoms with Gasteiger partial charge in [-0.1, -0.05) is 53.5 Å². The average molecular weight is 405 g/mol. The summed E-state index contributed by atoms with van der Waals surface area (Å²) in [5.74, 6) is 1.28. The Kier molecular flexibility index (Phi) is 7.40. The van der Waals surface area contributed by atoms with Gasteiger partial charge in [-0.3, -0.25) is 5.32 Å². The largest absolute Gasteiger partial charge is 0.418 e. The zero-order chi connectivity index (χ0) is 19.8. The number of benzene rings is 1. The predicted molar refractivity (Wildman–Crippen MR) is 108 cm³/mol. The van der Waals surface area contributed by atoms with Crippen LogP contribution in [0.5, 0.6) is 5.75 Å². The number of nitrogens with zero attached hydrogens (tertiary/aromatic N) is 2. The Morgan fingerprint density at radius 3 is 2.07 bits per heavy atom. The van der Waals surface area contributed by atoms with E-state index < -0.39 is 6.09 Å². The molecule has 1 aromatic carbocycles. The first-order valence-corrected chi connectivity index (χ1v) is 8.66. The van der Waals surface area contributed by atoms with Crippen molar-refractivity contribution in [2.24, 2.45) is 0 Å². The number of nitrogens with one attached hydrogen (secondary N) is 1. The van der Waals surface area contributed by atoms with E-state index in [2.05, 4.69) is 15.3 Å². The summed E-state index contributed by atoms with van der Waals surface area (Å²) in [4.78, 5) is 19.4. The van der Waals surface area contributed by atoms with Gasteiger partial charge in [-0.05, 0) is 49.2 Å². The highest BCUT2D eigenvalue weighted by Crippen LogP contribution is 2.16. The second-order valence-corrected chi connectivity index (χ2v) is 6.19. The van der Waals surface area contributed by atoms with Crippen LogP contribution < -0.4 is 15.8 Å². The summed E-state index contributed by atoms with van der Waals surface area (Å²) in [7, 11) is 0. The molecule has 0 aliphatic rings. The summed E-state index contributed by atoms with van der Waals surface area (Å²) >= 11 is 11.5. The van der Waals surface area contributed by atoms with Crippen LogP contribution in [0, 0.1) is 13.8 Å². The van der Waals surface area contributed by atoms with Crippen molar-refractivity contribution >= 4 is 40.9 Å². The number of hydrogen-bond acceptors (Lipinski definition) is 5. The number of carbonyl (C=O) groups is 1. The van der Waals surface area contributed by atoms with Gasteiger partial charge in [0.05, 0.1) is 0 Å². The highest BCUT2D eigenvalue weighted by Gasteiger charge is 2.06. The molecule has 140 valence electrons. The average Bonchev–Trinajstić information content (AvgIpc) is 2.63. The van der Waals surface area contributed by atoms with Crippen molar-refractivity contribution in [2.75, 3.05) is 11.1 Å². The molecule has 0 spiro atoms. The number of para-hydroxylation sites is 1. The minimum Gasteiger partial charge on any atom is -0.410 e. The third-order valence-corrected chi connectivity index (χ3v) is 4.04. The van der Waals surface area contributed by atoms with E-state index in [-0.39, 0.29) is 0 Å². The van der Waals surface area contributed by atoms with Crippen LogP contribution in [-0.4, -0.2) is 16.1 Å². The van der Waals surface area contributed by atoms with Crippen molar-refractivity contribution in [3.8, 4) is 5.75 Å². The minimum absolute atomic E-state index is 0.353. The molecule has 0 atom stereocenters. The van der Waals surface area contributed by atoms with Crippen LogP contribution in [0.3, 0.4) is 0 Å². The minimum atomic E-state index is -0.603. The van der Waals surface area contributed by atoms with Gasteiger partial charge in [0.25, 0.3) is 0 Å². The summed E-state index contributed by atoms with van der Waals surface area (Å²) in [6, 6.07) is 15.8. The lowest BCUT2D eigenvalue weighted by Crippen LogP contribution is -2.17. The molecule has 0 bridgehead atoms. The molecule has 1 amide bonds. The van der Waals surface area contributed by atoms with E-state index in [1.54, 1.807) is 42.5 Å². The third-order valence-electron chi connectivity index (χ3n) is 3.28. The molecule has 27 heavy (non-hydrogen) atoms. The Morgan fingerprint density at radius 1 is 0.926 bits per heavy atom. The van der Waals surface area contributed by atoms with E-state index in [4.69, 9.17) is 33.7 Å². The van der Waals surface area contributed by atoms with Crippen LogP contribution in [0.2, 0.25) is 10.3 Å². The van der Waals surface area contributed by atoms with Gasteiger partial charge in [0.1, 0.15) is 27.7 Å². The number of hydrogen-bond donors (Lipinski definition) is 2. The first-order valence-electron chi connectivity index (χ1n) is 7.91. The van der Waals surface area contributed by atoms with Gasteiger partial charge in [-0.15, -0.1) is 0 Å². The molecular weight excluding hydrogens is 387 g/mol. The number of rotatable bonds is 2. The third kappa shape index (κ3) is 6.77. The molecule has 8 heteroatoms.